The van der Waals surface area contributed by atoms with E-state index in [0.717, 1.165) is 4.47 Å². The summed E-state index contributed by atoms with van der Waals surface area (Å²) in [4.78, 5) is 46.6. The number of carbonyl (C=O) groups excluding carboxylic acids is 4. The van der Waals surface area contributed by atoms with Crippen molar-refractivity contribution in [3.63, 3.8) is 0 Å². The first-order valence-electron chi connectivity index (χ1n) is 8.87. The van der Waals surface area contributed by atoms with Crippen LogP contribution in [0.1, 0.15) is 17.3 Å². The lowest BCUT2D eigenvalue weighted by atomic mass is 10.2. The molecule has 0 aliphatic rings. The van der Waals surface area contributed by atoms with Gasteiger partial charge in [-0.3, -0.25) is 14.9 Å². The van der Waals surface area contributed by atoms with E-state index >= 15 is 0 Å². The van der Waals surface area contributed by atoms with Gasteiger partial charge in [0.25, 0.3) is 11.8 Å². The van der Waals surface area contributed by atoms with Gasteiger partial charge in [0.2, 0.25) is 0 Å². The van der Waals surface area contributed by atoms with E-state index in [0.29, 0.717) is 5.69 Å². The predicted molar refractivity (Wildman–Crippen MR) is 114 cm³/mol. The van der Waals surface area contributed by atoms with Crippen LogP contribution in [0.4, 0.5) is 10.5 Å². The van der Waals surface area contributed by atoms with Crippen molar-refractivity contribution in [3.8, 4) is 11.5 Å². The number of anilines is 1. The number of hydrogen-bond acceptors (Lipinski definition) is 7. The van der Waals surface area contributed by atoms with Gasteiger partial charge in [-0.1, -0.05) is 15.9 Å². The normalized spacial score (nSPS) is 11.1. The van der Waals surface area contributed by atoms with Crippen LogP contribution in [0.3, 0.4) is 0 Å². The van der Waals surface area contributed by atoms with Gasteiger partial charge in [-0.2, -0.15) is 0 Å². The van der Waals surface area contributed by atoms with E-state index in [9.17, 15) is 19.2 Å². The molecule has 0 saturated heterocycles. The van der Waals surface area contributed by atoms with E-state index in [1.54, 1.807) is 24.3 Å². The maximum Gasteiger partial charge on any atom is 0.339 e. The number of ether oxygens (including phenoxy) is 3. The molecule has 4 amide bonds. The van der Waals surface area contributed by atoms with Crippen molar-refractivity contribution in [1.82, 2.24) is 5.32 Å². The molecule has 0 heterocycles. The zero-order valence-corrected chi connectivity index (χ0v) is 18.2. The summed E-state index contributed by atoms with van der Waals surface area (Å²) >= 11 is 3.31. The van der Waals surface area contributed by atoms with E-state index in [4.69, 9.17) is 19.9 Å². The summed E-state index contributed by atoms with van der Waals surface area (Å²) in [5.74, 6) is -1.67. The second-order valence-electron chi connectivity index (χ2n) is 6.11. The number of nitrogens with one attached hydrogen (secondary N) is 2. The maximum atomic E-state index is 12.2. The summed E-state index contributed by atoms with van der Waals surface area (Å²) in [6.45, 7) is 0.996. The van der Waals surface area contributed by atoms with Crippen molar-refractivity contribution in [2.24, 2.45) is 5.73 Å². The molecule has 11 heteroatoms. The minimum atomic E-state index is -1.25. The molecule has 1 atom stereocenters. The molecule has 2 rings (SSSR count). The van der Waals surface area contributed by atoms with Gasteiger partial charge in [-0.15, -0.1) is 0 Å². The van der Waals surface area contributed by atoms with Crippen LogP contribution in [-0.2, 0) is 14.3 Å². The van der Waals surface area contributed by atoms with E-state index in [-0.39, 0.29) is 29.6 Å². The number of urea groups is 1. The Kier molecular flexibility index (Phi) is 8.38. The number of amides is 4. The number of hydrogen-bond donors (Lipinski definition) is 3. The Morgan fingerprint density at radius 1 is 1.06 bits per heavy atom. The van der Waals surface area contributed by atoms with Gasteiger partial charge in [0.05, 0.1) is 12.7 Å². The highest BCUT2D eigenvalue weighted by molar-refractivity contribution is 9.10. The van der Waals surface area contributed by atoms with Gasteiger partial charge in [0, 0.05) is 10.2 Å². The number of rotatable bonds is 8. The Hall–Kier alpha value is -3.60. The van der Waals surface area contributed by atoms with Crippen LogP contribution in [0.15, 0.2) is 46.9 Å². The number of imide groups is 1. The minimum absolute atomic E-state index is 0.0715. The SMILES string of the molecule is COc1cc(C(=O)OC(C)C(=O)NC(N)=O)ccc1OCC(=O)Nc1ccc(Br)cc1. The zero-order chi connectivity index (χ0) is 23.0. The molecule has 0 fully saturated rings. The molecular weight excluding hydrogens is 474 g/mol. The summed E-state index contributed by atoms with van der Waals surface area (Å²) in [7, 11) is 1.36. The molecule has 0 radical (unpaired) electrons. The summed E-state index contributed by atoms with van der Waals surface area (Å²) in [6, 6.07) is 10.1. The van der Waals surface area contributed by atoms with E-state index in [1.807, 2.05) is 5.32 Å². The molecule has 1 unspecified atom stereocenters. The van der Waals surface area contributed by atoms with E-state index in [2.05, 4.69) is 21.2 Å². The fourth-order valence-electron chi connectivity index (χ4n) is 2.29. The molecule has 0 saturated carbocycles. The first-order valence-corrected chi connectivity index (χ1v) is 9.66. The number of halogens is 1. The Morgan fingerprint density at radius 2 is 1.74 bits per heavy atom. The molecule has 4 N–H and O–H groups in total. The first kappa shape index (κ1) is 23.7. The lowest BCUT2D eigenvalue weighted by molar-refractivity contribution is -0.127. The highest BCUT2D eigenvalue weighted by atomic mass is 79.9. The Bertz CT molecular complexity index is 979. The quantitative estimate of drug-likeness (QED) is 0.477. The molecule has 2 aromatic carbocycles. The van der Waals surface area contributed by atoms with Crippen LogP contribution in [-0.4, -0.2) is 43.6 Å². The monoisotopic (exact) mass is 493 g/mol. The largest absolute Gasteiger partial charge is 0.493 e. The Morgan fingerprint density at radius 3 is 2.35 bits per heavy atom. The molecule has 0 bridgehead atoms. The van der Waals surface area contributed by atoms with Gasteiger partial charge >= 0.3 is 12.0 Å². The van der Waals surface area contributed by atoms with Gasteiger partial charge < -0.3 is 25.3 Å². The van der Waals surface area contributed by atoms with Gasteiger partial charge in [-0.25, -0.2) is 9.59 Å². The lowest BCUT2D eigenvalue weighted by Crippen LogP contribution is -2.42. The third kappa shape index (κ3) is 7.30. The van der Waals surface area contributed by atoms with Crippen LogP contribution in [0, 0.1) is 0 Å². The number of carbonyl (C=O) groups is 4. The fourth-order valence-corrected chi connectivity index (χ4v) is 2.56. The summed E-state index contributed by atoms with van der Waals surface area (Å²) in [5.41, 5.74) is 5.53. The molecule has 0 aliphatic carbocycles. The number of methoxy groups -OCH3 is 1. The lowest BCUT2D eigenvalue weighted by Gasteiger charge is -2.14. The van der Waals surface area contributed by atoms with Gasteiger partial charge in [0.1, 0.15) is 0 Å². The fraction of sp³-hybridized carbons (Fsp3) is 0.200. The molecule has 0 spiro atoms. The molecule has 2 aromatic rings. The summed E-state index contributed by atoms with van der Waals surface area (Å²) in [5, 5.41) is 4.50. The molecule has 31 heavy (non-hydrogen) atoms. The minimum Gasteiger partial charge on any atom is -0.493 e. The maximum absolute atomic E-state index is 12.2. The molecule has 0 aliphatic heterocycles. The second kappa shape index (κ2) is 11.0. The Balaban J connectivity index is 1.98. The molecule has 0 aromatic heterocycles. The molecule has 10 nitrogen and oxygen atoms in total. The third-order valence-electron chi connectivity index (χ3n) is 3.79. The average molecular weight is 494 g/mol. The second-order valence-corrected chi connectivity index (χ2v) is 7.03. The summed E-state index contributed by atoms with van der Waals surface area (Å²) in [6.07, 6.45) is -1.25. The Labute approximate surface area is 186 Å². The van der Waals surface area contributed by atoms with E-state index in [1.165, 1.54) is 32.2 Å². The van der Waals surface area contributed by atoms with Crippen LogP contribution in [0.2, 0.25) is 0 Å². The zero-order valence-electron chi connectivity index (χ0n) is 16.6. The van der Waals surface area contributed by atoms with Crippen molar-refractivity contribution in [2.45, 2.75) is 13.0 Å². The third-order valence-corrected chi connectivity index (χ3v) is 4.31. The van der Waals surface area contributed by atoms with Gasteiger partial charge in [0.15, 0.2) is 24.2 Å². The highest BCUT2D eigenvalue weighted by Crippen LogP contribution is 2.28. The van der Waals surface area contributed by atoms with Crippen LogP contribution < -0.4 is 25.8 Å². The number of benzene rings is 2. The highest BCUT2D eigenvalue weighted by Gasteiger charge is 2.21. The van der Waals surface area contributed by atoms with Crippen LogP contribution >= 0.6 is 15.9 Å². The van der Waals surface area contributed by atoms with Gasteiger partial charge in [-0.05, 0) is 49.4 Å². The predicted octanol–water partition coefficient (Wildman–Crippen LogP) is 2.22. The number of nitrogens with two attached hydrogens (primary N) is 1. The standard InChI is InChI=1S/C20H20BrN3O7/c1-11(18(26)24-20(22)28)31-19(27)12-3-8-15(16(9-12)29-2)30-10-17(25)23-14-6-4-13(21)5-7-14/h3-9,11H,10H2,1-2H3,(H,23,25)(H3,22,24,26,28). The summed E-state index contributed by atoms with van der Waals surface area (Å²) < 4.78 is 16.5. The van der Waals surface area contributed by atoms with Crippen molar-refractivity contribution in [2.75, 3.05) is 19.0 Å². The van der Waals surface area contributed by atoms with Crippen LogP contribution in [0.5, 0.6) is 11.5 Å². The first-order chi connectivity index (χ1) is 14.7. The topological polar surface area (TPSA) is 146 Å². The smallest absolute Gasteiger partial charge is 0.339 e. The number of esters is 1. The average Bonchev–Trinajstić information content (AvgIpc) is 2.73. The van der Waals surface area contributed by atoms with Crippen molar-refractivity contribution in [3.05, 3.63) is 52.5 Å². The van der Waals surface area contributed by atoms with Crippen molar-refractivity contribution >= 4 is 45.4 Å². The number of primary amides is 1. The van der Waals surface area contributed by atoms with Crippen molar-refractivity contribution < 1.29 is 33.4 Å². The van der Waals surface area contributed by atoms with Crippen molar-refractivity contribution in [1.29, 1.82) is 0 Å². The van der Waals surface area contributed by atoms with E-state index < -0.39 is 24.0 Å². The molecular formula is C20H20BrN3O7. The van der Waals surface area contributed by atoms with Crippen LogP contribution in [0.25, 0.3) is 0 Å². The molecule has 164 valence electrons.